The second-order valence-corrected chi connectivity index (χ2v) is 7.63. The number of aryl methyl sites for hydroxylation is 2. The zero-order valence-corrected chi connectivity index (χ0v) is 15.3. The highest BCUT2D eigenvalue weighted by atomic mass is 32.1. The number of likely N-dealkylation sites (tertiary alicyclic amines) is 1. The average Bonchev–Trinajstić information content (AvgIpc) is 3.31. The summed E-state index contributed by atoms with van der Waals surface area (Å²) in [5.74, 6) is 1.01. The molecule has 25 heavy (non-hydrogen) atoms. The molecule has 1 aromatic carbocycles. The van der Waals surface area contributed by atoms with Gasteiger partial charge < -0.3 is 9.42 Å². The van der Waals surface area contributed by atoms with Crippen molar-refractivity contribution in [1.82, 2.24) is 15.0 Å². The van der Waals surface area contributed by atoms with Gasteiger partial charge in [-0.15, -0.1) is 11.3 Å². The van der Waals surface area contributed by atoms with Gasteiger partial charge in [0, 0.05) is 18.5 Å². The number of thiazole rings is 1. The number of aromatic nitrogens is 2. The molecular formula is C19H21N3O2S. The van der Waals surface area contributed by atoms with Crippen LogP contribution in [0.5, 0.6) is 0 Å². The maximum absolute atomic E-state index is 12.8. The fourth-order valence-corrected chi connectivity index (χ4v) is 4.70. The molecular weight excluding hydrogens is 334 g/mol. The Bertz CT molecular complexity index is 862. The van der Waals surface area contributed by atoms with Gasteiger partial charge in [-0.25, -0.2) is 4.98 Å². The van der Waals surface area contributed by atoms with Crippen LogP contribution < -0.4 is 0 Å². The monoisotopic (exact) mass is 355 g/mol. The Hall–Kier alpha value is -2.21. The summed E-state index contributed by atoms with van der Waals surface area (Å²) in [4.78, 5) is 19.6. The Balaban J connectivity index is 1.49. The number of nitrogens with zero attached hydrogens (tertiary/aromatic N) is 3. The SMILES string of the molecule is Cc1noc(C)c1CCC(=O)N1CCC[C@@H]1c1nc2ccccc2s1. The molecule has 2 aromatic heterocycles. The van der Waals surface area contributed by atoms with E-state index in [4.69, 9.17) is 9.51 Å². The largest absolute Gasteiger partial charge is 0.361 e. The number of carbonyl (C=O) groups excluding carboxylic acids is 1. The maximum Gasteiger partial charge on any atom is 0.223 e. The minimum Gasteiger partial charge on any atom is -0.361 e. The van der Waals surface area contributed by atoms with E-state index in [1.807, 2.05) is 36.9 Å². The lowest BCUT2D eigenvalue weighted by molar-refractivity contribution is -0.132. The maximum atomic E-state index is 12.8. The summed E-state index contributed by atoms with van der Waals surface area (Å²) in [5.41, 5.74) is 2.97. The number of fused-ring (bicyclic) bond motifs is 1. The average molecular weight is 355 g/mol. The van der Waals surface area contributed by atoms with Gasteiger partial charge in [0.1, 0.15) is 10.8 Å². The molecule has 1 amide bonds. The predicted molar refractivity (Wildman–Crippen MR) is 97.6 cm³/mol. The van der Waals surface area contributed by atoms with E-state index < -0.39 is 0 Å². The molecule has 1 atom stereocenters. The van der Waals surface area contributed by atoms with Crippen molar-refractivity contribution in [1.29, 1.82) is 0 Å². The number of rotatable bonds is 4. The lowest BCUT2D eigenvalue weighted by Gasteiger charge is -2.23. The molecule has 130 valence electrons. The van der Waals surface area contributed by atoms with Crippen LogP contribution in [0.4, 0.5) is 0 Å². The van der Waals surface area contributed by atoms with Crippen molar-refractivity contribution in [2.45, 2.75) is 45.6 Å². The number of carbonyl (C=O) groups is 1. The Kier molecular flexibility index (Phi) is 4.29. The van der Waals surface area contributed by atoms with Gasteiger partial charge in [-0.3, -0.25) is 4.79 Å². The van der Waals surface area contributed by atoms with Crippen LogP contribution in [-0.2, 0) is 11.2 Å². The molecule has 0 bridgehead atoms. The highest BCUT2D eigenvalue weighted by Gasteiger charge is 2.32. The number of benzene rings is 1. The Morgan fingerprint density at radius 3 is 2.96 bits per heavy atom. The van der Waals surface area contributed by atoms with Crippen LogP contribution in [0.2, 0.25) is 0 Å². The van der Waals surface area contributed by atoms with E-state index in [0.717, 1.165) is 46.9 Å². The minimum atomic E-state index is 0.120. The van der Waals surface area contributed by atoms with Crippen LogP contribution in [0.3, 0.4) is 0 Å². The molecule has 5 nitrogen and oxygen atoms in total. The zero-order chi connectivity index (χ0) is 17.4. The van der Waals surface area contributed by atoms with Gasteiger partial charge in [0.25, 0.3) is 0 Å². The lowest BCUT2D eigenvalue weighted by atomic mass is 10.1. The van der Waals surface area contributed by atoms with Crippen LogP contribution in [-0.4, -0.2) is 27.5 Å². The van der Waals surface area contributed by atoms with E-state index in [-0.39, 0.29) is 11.9 Å². The summed E-state index contributed by atoms with van der Waals surface area (Å²) in [7, 11) is 0. The summed E-state index contributed by atoms with van der Waals surface area (Å²) in [6.45, 7) is 4.65. The van der Waals surface area contributed by atoms with Crippen LogP contribution in [0.1, 0.15) is 47.3 Å². The normalized spacial score (nSPS) is 17.5. The summed E-state index contributed by atoms with van der Waals surface area (Å²) >= 11 is 1.71. The molecule has 0 saturated carbocycles. The van der Waals surface area contributed by atoms with E-state index in [1.165, 1.54) is 4.70 Å². The minimum absolute atomic E-state index is 0.120. The van der Waals surface area contributed by atoms with Crippen molar-refractivity contribution < 1.29 is 9.32 Å². The fraction of sp³-hybridized carbons (Fsp3) is 0.421. The molecule has 0 radical (unpaired) electrons. The van der Waals surface area contributed by atoms with Gasteiger partial charge in [0.05, 0.1) is 22.0 Å². The van der Waals surface area contributed by atoms with Crippen molar-refractivity contribution in [3.05, 3.63) is 46.3 Å². The van der Waals surface area contributed by atoms with Gasteiger partial charge >= 0.3 is 0 Å². The highest BCUT2D eigenvalue weighted by molar-refractivity contribution is 7.18. The number of para-hydroxylation sites is 1. The van der Waals surface area contributed by atoms with E-state index in [9.17, 15) is 4.79 Å². The summed E-state index contributed by atoms with van der Waals surface area (Å²) in [6.07, 6.45) is 3.21. The third-order valence-electron chi connectivity index (χ3n) is 4.94. The summed E-state index contributed by atoms with van der Waals surface area (Å²) in [6, 6.07) is 8.29. The number of hydrogen-bond acceptors (Lipinski definition) is 5. The molecule has 0 unspecified atom stereocenters. The quantitative estimate of drug-likeness (QED) is 0.704. The van der Waals surface area contributed by atoms with E-state index >= 15 is 0 Å². The first kappa shape index (κ1) is 16.3. The van der Waals surface area contributed by atoms with Crippen molar-refractivity contribution >= 4 is 27.5 Å². The number of hydrogen-bond donors (Lipinski definition) is 0. The molecule has 4 rings (SSSR count). The van der Waals surface area contributed by atoms with Crippen molar-refractivity contribution in [2.75, 3.05) is 6.54 Å². The first-order valence-electron chi connectivity index (χ1n) is 8.70. The first-order chi connectivity index (χ1) is 12.1. The fourth-order valence-electron chi connectivity index (χ4n) is 3.59. The Labute approximate surface area is 150 Å². The molecule has 6 heteroatoms. The van der Waals surface area contributed by atoms with Crippen LogP contribution >= 0.6 is 11.3 Å². The lowest BCUT2D eigenvalue weighted by Crippen LogP contribution is -2.30. The second-order valence-electron chi connectivity index (χ2n) is 6.57. The third kappa shape index (κ3) is 3.06. The molecule has 3 aromatic rings. The van der Waals surface area contributed by atoms with Crippen LogP contribution in [0.25, 0.3) is 10.2 Å². The molecule has 1 aliphatic rings. The standard InChI is InChI=1S/C19H21N3O2S/c1-12-14(13(2)24-21-12)9-10-18(23)22-11-5-7-16(22)19-20-15-6-3-4-8-17(15)25-19/h3-4,6,8,16H,5,7,9-11H2,1-2H3/t16-/m1/s1. The van der Waals surface area contributed by atoms with E-state index in [1.54, 1.807) is 11.3 Å². The zero-order valence-electron chi connectivity index (χ0n) is 14.5. The van der Waals surface area contributed by atoms with Crippen LogP contribution in [0, 0.1) is 13.8 Å². The van der Waals surface area contributed by atoms with Gasteiger partial charge in [-0.2, -0.15) is 0 Å². The highest BCUT2D eigenvalue weighted by Crippen LogP contribution is 2.36. The van der Waals surface area contributed by atoms with Crippen molar-refractivity contribution in [3.8, 4) is 0 Å². The molecule has 1 saturated heterocycles. The van der Waals surface area contributed by atoms with E-state index in [0.29, 0.717) is 12.8 Å². The smallest absolute Gasteiger partial charge is 0.223 e. The third-order valence-corrected chi connectivity index (χ3v) is 6.08. The molecule has 1 fully saturated rings. The van der Waals surface area contributed by atoms with Crippen LogP contribution in [0.15, 0.2) is 28.8 Å². The molecule has 1 aliphatic heterocycles. The van der Waals surface area contributed by atoms with Gasteiger partial charge in [-0.1, -0.05) is 17.3 Å². The van der Waals surface area contributed by atoms with Crippen molar-refractivity contribution in [2.24, 2.45) is 0 Å². The van der Waals surface area contributed by atoms with Gasteiger partial charge in [-0.05, 0) is 45.2 Å². The van der Waals surface area contributed by atoms with Gasteiger partial charge in [0.15, 0.2) is 0 Å². The first-order valence-corrected chi connectivity index (χ1v) is 9.52. The summed E-state index contributed by atoms with van der Waals surface area (Å²) < 4.78 is 6.38. The predicted octanol–water partition coefficient (Wildman–Crippen LogP) is 4.20. The Morgan fingerprint density at radius 1 is 1.36 bits per heavy atom. The second kappa shape index (κ2) is 6.59. The molecule has 0 aliphatic carbocycles. The Morgan fingerprint density at radius 2 is 2.20 bits per heavy atom. The van der Waals surface area contributed by atoms with Gasteiger partial charge in [0.2, 0.25) is 5.91 Å². The number of amides is 1. The molecule has 3 heterocycles. The molecule has 0 N–H and O–H groups in total. The van der Waals surface area contributed by atoms with Crippen molar-refractivity contribution in [3.63, 3.8) is 0 Å². The topological polar surface area (TPSA) is 59.2 Å². The van der Waals surface area contributed by atoms with E-state index in [2.05, 4.69) is 11.2 Å². The molecule has 0 spiro atoms. The summed E-state index contributed by atoms with van der Waals surface area (Å²) in [5, 5.41) is 5.03.